The molecule has 2 amide bonds. The van der Waals surface area contributed by atoms with Gasteiger partial charge in [-0.2, -0.15) is 0 Å². The van der Waals surface area contributed by atoms with Gasteiger partial charge in [0.15, 0.2) is 0 Å². The number of para-hydroxylation sites is 1. The highest BCUT2D eigenvalue weighted by molar-refractivity contribution is 5.99. The molecule has 27 heavy (non-hydrogen) atoms. The number of anilines is 3. The first-order chi connectivity index (χ1) is 13.1. The molecule has 3 aromatic carbocycles. The first kappa shape index (κ1) is 18.5. The molecule has 0 unspecified atom stereocenters. The smallest absolute Gasteiger partial charge is 0.323 e. The molecular weight excluding hydrogens is 334 g/mol. The van der Waals surface area contributed by atoms with Crippen LogP contribution in [-0.2, 0) is 6.54 Å². The molecule has 138 valence electrons. The van der Waals surface area contributed by atoms with E-state index in [-0.39, 0.29) is 6.03 Å². The Bertz CT molecular complexity index is 874. The molecule has 0 saturated heterocycles. The monoisotopic (exact) mass is 359 g/mol. The second-order valence-electron chi connectivity index (χ2n) is 6.78. The van der Waals surface area contributed by atoms with Gasteiger partial charge in [0.1, 0.15) is 0 Å². The van der Waals surface area contributed by atoms with Crippen molar-refractivity contribution in [2.24, 2.45) is 0 Å². The van der Waals surface area contributed by atoms with Gasteiger partial charge in [0.2, 0.25) is 0 Å². The zero-order chi connectivity index (χ0) is 19.1. The van der Waals surface area contributed by atoms with Gasteiger partial charge in [0.25, 0.3) is 0 Å². The number of benzene rings is 3. The topological polar surface area (TPSA) is 53.2 Å². The molecule has 4 heteroatoms. The average molecular weight is 359 g/mol. The van der Waals surface area contributed by atoms with Gasteiger partial charge in [0.05, 0.1) is 0 Å². The minimum absolute atomic E-state index is 0.261. The molecular formula is C23H25N3O. The SMILES string of the molecule is CC(C)c1ccc(CNc2cccc(NC(=O)Nc3ccccc3)c2)cc1. The fourth-order valence-corrected chi connectivity index (χ4v) is 2.75. The molecule has 0 saturated carbocycles. The number of carbonyl (C=O) groups excluding carboxylic acids is 1. The van der Waals surface area contributed by atoms with Gasteiger partial charge >= 0.3 is 6.03 Å². The number of hydrogen-bond acceptors (Lipinski definition) is 2. The summed E-state index contributed by atoms with van der Waals surface area (Å²) in [6.07, 6.45) is 0. The number of nitrogens with one attached hydrogen (secondary N) is 3. The Morgan fingerprint density at radius 2 is 1.41 bits per heavy atom. The van der Waals surface area contributed by atoms with Gasteiger partial charge in [-0.15, -0.1) is 0 Å². The van der Waals surface area contributed by atoms with E-state index in [1.54, 1.807) is 0 Å². The lowest BCUT2D eigenvalue weighted by molar-refractivity contribution is 0.262. The summed E-state index contributed by atoms with van der Waals surface area (Å²) in [6, 6.07) is 25.5. The van der Waals surface area contributed by atoms with Crippen LogP contribution < -0.4 is 16.0 Å². The number of hydrogen-bond donors (Lipinski definition) is 3. The number of urea groups is 1. The van der Waals surface area contributed by atoms with Crippen LogP contribution in [0, 0.1) is 0 Å². The van der Waals surface area contributed by atoms with Crippen molar-refractivity contribution in [1.29, 1.82) is 0 Å². The molecule has 0 heterocycles. The highest BCUT2D eigenvalue weighted by Gasteiger charge is 2.04. The third kappa shape index (κ3) is 5.61. The Hall–Kier alpha value is -3.27. The van der Waals surface area contributed by atoms with Crippen LogP contribution in [0.4, 0.5) is 21.9 Å². The van der Waals surface area contributed by atoms with Crippen LogP contribution in [0.15, 0.2) is 78.9 Å². The van der Waals surface area contributed by atoms with Gasteiger partial charge < -0.3 is 16.0 Å². The van der Waals surface area contributed by atoms with Crippen molar-refractivity contribution in [3.8, 4) is 0 Å². The van der Waals surface area contributed by atoms with E-state index in [0.717, 1.165) is 23.6 Å². The van der Waals surface area contributed by atoms with Crippen LogP contribution in [0.5, 0.6) is 0 Å². The normalized spacial score (nSPS) is 10.5. The Morgan fingerprint density at radius 1 is 0.778 bits per heavy atom. The van der Waals surface area contributed by atoms with E-state index < -0.39 is 0 Å². The van der Waals surface area contributed by atoms with E-state index in [9.17, 15) is 4.79 Å². The summed E-state index contributed by atoms with van der Waals surface area (Å²) in [5, 5.41) is 9.07. The zero-order valence-electron chi connectivity index (χ0n) is 15.7. The molecule has 0 atom stereocenters. The molecule has 0 aromatic heterocycles. The van der Waals surface area contributed by atoms with E-state index in [0.29, 0.717) is 5.92 Å². The maximum atomic E-state index is 12.1. The van der Waals surface area contributed by atoms with Crippen molar-refractivity contribution in [3.05, 3.63) is 90.0 Å². The molecule has 0 aliphatic heterocycles. The zero-order valence-corrected chi connectivity index (χ0v) is 15.7. The van der Waals surface area contributed by atoms with Crippen LogP contribution in [0.2, 0.25) is 0 Å². The second-order valence-corrected chi connectivity index (χ2v) is 6.78. The molecule has 0 radical (unpaired) electrons. The minimum atomic E-state index is -0.261. The lowest BCUT2D eigenvalue weighted by Crippen LogP contribution is -2.19. The van der Waals surface area contributed by atoms with Crippen molar-refractivity contribution in [2.75, 3.05) is 16.0 Å². The Balaban J connectivity index is 1.56. The number of carbonyl (C=O) groups is 1. The maximum Gasteiger partial charge on any atom is 0.323 e. The fraction of sp³-hybridized carbons (Fsp3) is 0.174. The van der Waals surface area contributed by atoms with Crippen LogP contribution in [0.3, 0.4) is 0 Å². The summed E-state index contributed by atoms with van der Waals surface area (Å²) in [5.74, 6) is 0.539. The fourth-order valence-electron chi connectivity index (χ4n) is 2.75. The predicted molar refractivity (Wildman–Crippen MR) is 113 cm³/mol. The van der Waals surface area contributed by atoms with E-state index >= 15 is 0 Å². The quantitative estimate of drug-likeness (QED) is 0.500. The van der Waals surface area contributed by atoms with Crippen molar-refractivity contribution in [1.82, 2.24) is 0 Å². The van der Waals surface area contributed by atoms with Gasteiger partial charge in [-0.3, -0.25) is 0 Å². The average Bonchev–Trinajstić information content (AvgIpc) is 2.67. The van der Waals surface area contributed by atoms with Crippen molar-refractivity contribution < 1.29 is 4.79 Å². The van der Waals surface area contributed by atoms with Crippen LogP contribution >= 0.6 is 0 Å². The van der Waals surface area contributed by atoms with E-state index in [2.05, 4.69) is 54.1 Å². The predicted octanol–water partition coefficient (Wildman–Crippen LogP) is 6.07. The van der Waals surface area contributed by atoms with Crippen molar-refractivity contribution >= 4 is 23.1 Å². The summed E-state index contributed by atoms with van der Waals surface area (Å²) >= 11 is 0. The molecule has 4 nitrogen and oxygen atoms in total. The third-order valence-corrected chi connectivity index (χ3v) is 4.30. The molecule has 0 aliphatic rings. The largest absolute Gasteiger partial charge is 0.381 e. The number of rotatable bonds is 6. The number of amides is 2. The lowest BCUT2D eigenvalue weighted by atomic mass is 10.0. The molecule has 3 aromatic rings. The third-order valence-electron chi connectivity index (χ3n) is 4.30. The minimum Gasteiger partial charge on any atom is -0.381 e. The summed E-state index contributed by atoms with van der Waals surface area (Å²) < 4.78 is 0. The Labute approximate surface area is 160 Å². The Kier molecular flexibility index (Phi) is 6.10. The van der Waals surface area contributed by atoms with Gasteiger partial charge in [-0.1, -0.05) is 62.4 Å². The summed E-state index contributed by atoms with van der Waals surface area (Å²) in [4.78, 5) is 12.1. The second kappa shape index (κ2) is 8.90. The van der Waals surface area contributed by atoms with E-state index in [1.807, 2.05) is 54.6 Å². The van der Waals surface area contributed by atoms with Crippen LogP contribution in [0.25, 0.3) is 0 Å². The lowest BCUT2D eigenvalue weighted by Gasteiger charge is -2.11. The highest BCUT2D eigenvalue weighted by atomic mass is 16.2. The molecule has 0 fully saturated rings. The van der Waals surface area contributed by atoms with Crippen LogP contribution in [-0.4, -0.2) is 6.03 Å². The van der Waals surface area contributed by atoms with Crippen molar-refractivity contribution in [2.45, 2.75) is 26.3 Å². The van der Waals surface area contributed by atoms with Crippen molar-refractivity contribution in [3.63, 3.8) is 0 Å². The summed E-state index contributed by atoms with van der Waals surface area (Å²) in [6.45, 7) is 5.12. The molecule has 0 spiro atoms. The first-order valence-corrected chi connectivity index (χ1v) is 9.16. The Morgan fingerprint density at radius 3 is 2.11 bits per heavy atom. The first-order valence-electron chi connectivity index (χ1n) is 9.16. The molecule has 3 N–H and O–H groups in total. The van der Waals surface area contributed by atoms with E-state index in [1.165, 1.54) is 11.1 Å². The van der Waals surface area contributed by atoms with E-state index in [4.69, 9.17) is 0 Å². The van der Waals surface area contributed by atoms with Crippen LogP contribution in [0.1, 0.15) is 30.9 Å². The highest BCUT2D eigenvalue weighted by Crippen LogP contribution is 2.18. The van der Waals surface area contributed by atoms with Gasteiger partial charge in [0, 0.05) is 23.6 Å². The molecule has 0 aliphatic carbocycles. The molecule has 0 bridgehead atoms. The van der Waals surface area contributed by atoms with Gasteiger partial charge in [-0.05, 0) is 47.4 Å². The maximum absolute atomic E-state index is 12.1. The standard InChI is InChI=1S/C23H25N3O/c1-17(2)19-13-11-18(12-14-19)16-24-21-9-6-10-22(15-21)26-23(27)25-20-7-4-3-5-8-20/h3-15,17,24H,16H2,1-2H3,(H2,25,26,27). The summed E-state index contributed by atoms with van der Waals surface area (Å²) in [7, 11) is 0. The molecule has 3 rings (SSSR count). The summed E-state index contributed by atoms with van der Waals surface area (Å²) in [5.41, 5.74) is 5.02. The van der Waals surface area contributed by atoms with Gasteiger partial charge in [-0.25, -0.2) is 4.79 Å².